The molecule has 3 rings (SSSR count). The number of carbonyl (C=O) groups excluding carboxylic acids is 2. The molecule has 2 aromatic rings. The first-order valence-electron chi connectivity index (χ1n) is 9.85. The van der Waals surface area contributed by atoms with Gasteiger partial charge in [-0.25, -0.2) is 13.2 Å². The van der Waals surface area contributed by atoms with Crippen molar-refractivity contribution in [3.05, 3.63) is 64.9 Å². The largest absolute Gasteiger partial charge is 0.466 e. The van der Waals surface area contributed by atoms with Gasteiger partial charge in [-0.1, -0.05) is 6.07 Å². The number of amides is 1. The van der Waals surface area contributed by atoms with Crippen LogP contribution < -0.4 is 10.0 Å². The van der Waals surface area contributed by atoms with Crippen molar-refractivity contribution in [2.45, 2.75) is 18.7 Å². The lowest BCUT2D eigenvalue weighted by atomic mass is 10.1. The first kappa shape index (κ1) is 23.3. The van der Waals surface area contributed by atoms with Gasteiger partial charge in [0.2, 0.25) is 0 Å². The fourth-order valence-electron chi connectivity index (χ4n) is 3.23. The molecule has 0 fully saturated rings. The van der Waals surface area contributed by atoms with Crippen molar-refractivity contribution in [2.24, 2.45) is 0 Å². The van der Waals surface area contributed by atoms with E-state index in [1.165, 1.54) is 36.3 Å². The second-order valence-electron chi connectivity index (χ2n) is 7.35. The molecule has 170 valence electrons. The third-order valence-corrected chi connectivity index (χ3v) is 6.54. The predicted molar refractivity (Wildman–Crippen MR) is 119 cm³/mol. The molecule has 1 aliphatic rings. The normalized spacial score (nSPS) is 14.0. The van der Waals surface area contributed by atoms with Crippen LogP contribution in [0.25, 0.3) is 0 Å². The monoisotopic (exact) mass is 459 g/mol. The van der Waals surface area contributed by atoms with Gasteiger partial charge < -0.3 is 20.1 Å². The number of ether oxygens (including phenoxy) is 1. The van der Waals surface area contributed by atoms with Gasteiger partial charge in [0.05, 0.1) is 30.7 Å². The fraction of sp³-hybridized carbons (Fsp3) is 0.273. The third-order valence-electron chi connectivity index (χ3n) is 5.15. The van der Waals surface area contributed by atoms with Gasteiger partial charge >= 0.3 is 5.97 Å². The van der Waals surface area contributed by atoms with E-state index >= 15 is 0 Å². The predicted octanol–water partition coefficient (Wildman–Crippen LogP) is 1.78. The summed E-state index contributed by atoms with van der Waals surface area (Å²) in [6, 6.07) is 11.1. The van der Waals surface area contributed by atoms with E-state index in [2.05, 4.69) is 10.0 Å². The molecule has 2 aromatic carbocycles. The summed E-state index contributed by atoms with van der Waals surface area (Å²) in [7, 11) is -2.59. The summed E-state index contributed by atoms with van der Waals surface area (Å²) < 4.78 is 32.7. The van der Waals surface area contributed by atoms with Gasteiger partial charge in [-0.3, -0.25) is 9.52 Å². The Morgan fingerprint density at radius 1 is 1.09 bits per heavy atom. The number of β-amino-alcohol motifs (C(OH)–C–C–N with tert-alkyl or cyclic N) is 1. The molecule has 0 bridgehead atoms. The van der Waals surface area contributed by atoms with Crippen LogP contribution in [0.1, 0.15) is 11.1 Å². The third kappa shape index (κ3) is 4.92. The smallest absolute Gasteiger partial charge is 0.337 e. The maximum Gasteiger partial charge on any atom is 0.337 e. The Bertz CT molecular complexity index is 1170. The minimum absolute atomic E-state index is 0.0146. The van der Waals surface area contributed by atoms with Gasteiger partial charge in [-0.15, -0.1) is 0 Å². The van der Waals surface area contributed by atoms with Crippen molar-refractivity contribution in [2.75, 3.05) is 36.8 Å². The number of rotatable bonds is 8. The number of aryl methyl sites for hydroxylation is 2. The van der Waals surface area contributed by atoms with Crippen molar-refractivity contribution in [3.63, 3.8) is 0 Å². The van der Waals surface area contributed by atoms with Gasteiger partial charge in [0, 0.05) is 17.9 Å². The minimum Gasteiger partial charge on any atom is -0.466 e. The number of hydrogen-bond acceptors (Lipinski definition) is 7. The molecule has 9 nitrogen and oxygen atoms in total. The second kappa shape index (κ2) is 9.41. The Morgan fingerprint density at radius 3 is 2.34 bits per heavy atom. The number of hydrogen-bond donors (Lipinski definition) is 3. The highest BCUT2D eigenvalue weighted by Crippen LogP contribution is 2.24. The van der Waals surface area contributed by atoms with E-state index in [1.54, 1.807) is 12.1 Å². The molecular weight excluding hydrogens is 434 g/mol. The summed E-state index contributed by atoms with van der Waals surface area (Å²) >= 11 is 0. The van der Waals surface area contributed by atoms with Crippen molar-refractivity contribution in [1.82, 2.24) is 4.90 Å². The number of nitrogens with one attached hydrogen (secondary N) is 2. The summed E-state index contributed by atoms with van der Waals surface area (Å²) in [6.07, 6.45) is 0. The highest BCUT2D eigenvalue weighted by Gasteiger charge is 2.34. The lowest BCUT2D eigenvalue weighted by Crippen LogP contribution is -2.31. The van der Waals surface area contributed by atoms with Crippen LogP contribution in [0, 0.1) is 13.8 Å². The molecule has 1 amide bonds. The molecule has 1 heterocycles. The van der Waals surface area contributed by atoms with Crippen LogP contribution in [0.2, 0.25) is 0 Å². The van der Waals surface area contributed by atoms with E-state index in [9.17, 15) is 18.0 Å². The molecule has 0 aliphatic carbocycles. The van der Waals surface area contributed by atoms with E-state index in [0.717, 1.165) is 11.1 Å². The topological polar surface area (TPSA) is 125 Å². The summed E-state index contributed by atoms with van der Waals surface area (Å²) in [5.41, 5.74) is 3.08. The molecular formula is C22H25N3O6S. The Morgan fingerprint density at radius 2 is 1.75 bits per heavy atom. The van der Waals surface area contributed by atoms with Crippen LogP contribution in [0.5, 0.6) is 0 Å². The number of esters is 1. The molecule has 0 saturated carbocycles. The molecule has 10 heteroatoms. The van der Waals surface area contributed by atoms with Crippen molar-refractivity contribution in [3.8, 4) is 0 Å². The van der Waals surface area contributed by atoms with Crippen LogP contribution in [0.4, 0.5) is 11.4 Å². The minimum atomic E-state index is -3.81. The quantitative estimate of drug-likeness (QED) is 0.514. The first-order valence-corrected chi connectivity index (χ1v) is 11.3. The number of carbonyl (C=O) groups is 2. The average molecular weight is 460 g/mol. The number of nitrogens with zero attached hydrogens (tertiary/aromatic N) is 1. The maximum atomic E-state index is 12.7. The van der Waals surface area contributed by atoms with E-state index in [-0.39, 0.29) is 35.9 Å². The summed E-state index contributed by atoms with van der Waals surface area (Å²) in [6.45, 7) is 3.69. The number of methoxy groups -OCH3 is 1. The zero-order valence-corrected chi connectivity index (χ0v) is 18.8. The van der Waals surface area contributed by atoms with Crippen molar-refractivity contribution >= 4 is 33.3 Å². The zero-order valence-electron chi connectivity index (χ0n) is 18.0. The molecule has 32 heavy (non-hydrogen) atoms. The Hall–Kier alpha value is -3.37. The van der Waals surface area contributed by atoms with E-state index in [1.807, 2.05) is 19.9 Å². The molecule has 1 aliphatic heterocycles. The van der Waals surface area contributed by atoms with Crippen LogP contribution in [0.15, 0.2) is 58.6 Å². The maximum absolute atomic E-state index is 12.7. The SMILES string of the molecule is COC(=O)C1=C(Nc2ccc(S(=O)(=O)Nc3ccc(C)c(C)c3)cc2)C(=O)N(CCO)C1. The summed E-state index contributed by atoms with van der Waals surface area (Å²) in [5, 5.41) is 12.0. The Labute approximate surface area is 186 Å². The fourth-order valence-corrected chi connectivity index (χ4v) is 4.28. The lowest BCUT2D eigenvalue weighted by molar-refractivity contribution is -0.136. The van der Waals surface area contributed by atoms with Crippen LogP contribution in [0.3, 0.4) is 0 Å². The Kier molecular flexibility index (Phi) is 6.85. The molecule has 0 aromatic heterocycles. The van der Waals surface area contributed by atoms with Gasteiger partial charge in [-0.2, -0.15) is 0 Å². The second-order valence-corrected chi connectivity index (χ2v) is 9.03. The van der Waals surface area contributed by atoms with Gasteiger partial charge in [-0.05, 0) is 61.4 Å². The molecule has 3 N–H and O–H groups in total. The van der Waals surface area contributed by atoms with Gasteiger partial charge in [0.15, 0.2) is 0 Å². The Balaban J connectivity index is 1.80. The molecule has 0 atom stereocenters. The molecule has 0 radical (unpaired) electrons. The number of benzene rings is 2. The molecule has 0 saturated heterocycles. The van der Waals surface area contributed by atoms with Gasteiger partial charge in [0.1, 0.15) is 5.70 Å². The van der Waals surface area contributed by atoms with Crippen molar-refractivity contribution in [1.29, 1.82) is 0 Å². The highest BCUT2D eigenvalue weighted by molar-refractivity contribution is 7.92. The number of aliphatic hydroxyl groups is 1. The zero-order chi connectivity index (χ0) is 23.5. The number of sulfonamides is 1. The van der Waals surface area contributed by atoms with Crippen LogP contribution >= 0.6 is 0 Å². The first-order chi connectivity index (χ1) is 15.2. The van der Waals surface area contributed by atoms with Crippen LogP contribution in [-0.2, 0) is 24.3 Å². The summed E-state index contributed by atoms with van der Waals surface area (Å²) in [5.74, 6) is -1.11. The standard InChI is InChI=1S/C22H25N3O6S/c1-14-4-5-17(12-15(14)2)24-32(29,30)18-8-6-16(7-9-18)23-20-19(22(28)31-3)13-25(10-11-26)21(20)27/h4-9,12,23-24,26H,10-11,13H2,1-3H3. The molecule has 0 spiro atoms. The highest BCUT2D eigenvalue weighted by atomic mass is 32.2. The lowest BCUT2D eigenvalue weighted by Gasteiger charge is -2.15. The van der Waals surface area contributed by atoms with E-state index in [4.69, 9.17) is 9.84 Å². The van der Waals surface area contributed by atoms with Crippen molar-refractivity contribution < 1.29 is 27.9 Å². The molecule has 0 unspecified atom stereocenters. The number of aliphatic hydroxyl groups excluding tert-OH is 1. The van der Waals surface area contributed by atoms with E-state index < -0.39 is 21.9 Å². The van der Waals surface area contributed by atoms with Crippen LogP contribution in [-0.4, -0.2) is 57.1 Å². The van der Waals surface area contributed by atoms with Gasteiger partial charge in [0.25, 0.3) is 15.9 Å². The number of anilines is 2. The average Bonchev–Trinajstić information content (AvgIpc) is 3.06. The summed E-state index contributed by atoms with van der Waals surface area (Å²) in [4.78, 5) is 26.0. The van der Waals surface area contributed by atoms with E-state index in [0.29, 0.717) is 11.4 Å².